The van der Waals surface area contributed by atoms with Crippen LogP contribution < -0.4 is 0 Å². The van der Waals surface area contributed by atoms with Gasteiger partial charge in [-0.05, 0) is 25.1 Å². The lowest BCUT2D eigenvalue weighted by molar-refractivity contribution is -0.131. The van der Waals surface area contributed by atoms with Crippen LogP contribution in [0.5, 0.6) is 0 Å². The second kappa shape index (κ2) is 3.24. The van der Waals surface area contributed by atoms with Gasteiger partial charge in [-0.25, -0.2) is 4.79 Å². The van der Waals surface area contributed by atoms with E-state index >= 15 is 0 Å². The molecule has 0 fully saturated rings. The van der Waals surface area contributed by atoms with Crippen LogP contribution in [0.15, 0.2) is 28.7 Å². The SMILES string of the molecule is Cc1cc2ccc(C(=O)C(=O)O)cc2o1. The van der Waals surface area contributed by atoms with Gasteiger partial charge < -0.3 is 9.52 Å². The van der Waals surface area contributed by atoms with E-state index in [0.717, 1.165) is 11.1 Å². The van der Waals surface area contributed by atoms with E-state index in [2.05, 4.69) is 0 Å². The molecule has 0 spiro atoms. The molecule has 0 unspecified atom stereocenters. The molecule has 0 aliphatic heterocycles. The summed E-state index contributed by atoms with van der Waals surface area (Å²) in [6, 6.07) is 6.42. The van der Waals surface area contributed by atoms with Crippen molar-refractivity contribution in [1.82, 2.24) is 0 Å². The van der Waals surface area contributed by atoms with E-state index in [9.17, 15) is 9.59 Å². The number of carboxylic acids is 1. The smallest absolute Gasteiger partial charge is 0.377 e. The quantitative estimate of drug-likeness (QED) is 0.600. The van der Waals surface area contributed by atoms with Gasteiger partial charge in [-0.2, -0.15) is 0 Å². The molecule has 1 aromatic carbocycles. The number of carbonyl (C=O) groups excluding carboxylic acids is 1. The van der Waals surface area contributed by atoms with Gasteiger partial charge in [-0.3, -0.25) is 4.79 Å². The molecule has 0 saturated heterocycles. The van der Waals surface area contributed by atoms with Crippen molar-refractivity contribution >= 4 is 22.7 Å². The van der Waals surface area contributed by atoms with E-state index in [0.29, 0.717) is 5.58 Å². The molecule has 0 saturated carbocycles. The molecule has 0 atom stereocenters. The molecule has 1 heterocycles. The number of carbonyl (C=O) groups is 2. The van der Waals surface area contributed by atoms with Crippen LogP contribution in [0.2, 0.25) is 0 Å². The predicted molar refractivity (Wildman–Crippen MR) is 52.9 cm³/mol. The molecule has 1 N–H and O–H groups in total. The van der Waals surface area contributed by atoms with E-state index in [1.165, 1.54) is 12.1 Å². The third-order valence-electron chi connectivity index (χ3n) is 2.10. The lowest BCUT2D eigenvalue weighted by Gasteiger charge is -1.94. The summed E-state index contributed by atoms with van der Waals surface area (Å²) in [5.74, 6) is -1.66. The third kappa shape index (κ3) is 1.61. The summed E-state index contributed by atoms with van der Waals surface area (Å²) in [4.78, 5) is 21.6. The minimum absolute atomic E-state index is 0.129. The maximum atomic E-state index is 11.2. The lowest BCUT2D eigenvalue weighted by Crippen LogP contribution is -2.12. The van der Waals surface area contributed by atoms with Crippen molar-refractivity contribution in [1.29, 1.82) is 0 Å². The first-order valence-electron chi connectivity index (χ1n) is 4.36. The van der Waals surface area contributed by atoms with Crippen LogP contribution in [0, 0.1) is 6.92 Å². The molecule has 4 heteroatoms. The van der Waals surface area contributed by atoms with Crippen molar-refractivity contribution in [3.8, 4) is 0 Å². The molecule has 2 rings (SSSR count). The lowest BCUT2D eigenvalue weighted by atomic mass is 10.1. The number of fused-ring (bicyclic) bond motifs is 1. The molecule has 0 bridgehead atoms. The molecule has 0 aliphatic carbocycles. The van der Waals surface area contributed by atoms with E-state index in [4.69, 9.17) is 9.52 Å². The van der Waals surface area contributed by atoms with E-state index in [-0.39, 0.29) is 5.56 Å². The highest BCUT2D eigenvalue weighted by molar-refractivity contribution is 6.40. The second-order valence-corrected chi connectivity index (χ2v) is 3.24. The molecule has 0 aliphatic rings. The van der Waals surface area contributed by atoms with Gasteiger partial charge >= 0.3 is 5.97 Å². The Hall–Kier alpha value is -2.10. The number of Topliss-reactive ketones (excluding diaryl/α,β-unsaturated/α-hetero) is 1. The van der Waals surface area contributed by atoms with Crippen molar-refractivity contribution in [3.63, 3.8) is 0 Å². The van der Waals surface area contributed by atoms with Gasteiger partial charge in [0.25, 0.3) is 5.78 Å². The van der Waals surface area contributed by atoms with E-state index < -0.39 is 11.8 Å². The van der Waals surface area contributed by atoms with Crippen LogP contribution in [0.1, 0.15) is 16.1 Å². The summed E-state index contributed by atoms with van der Waals surface area (Å²) < 4.78 is 5.29. The van der Waals surface area contributed by atoms with Gasteiger partial charge in [0.1, 0.15) is 11.3 Å². The Kier molecular flexibility index (Phi) is 2.04. The Morgan fingerprint density at radius 2 is 2.00 bits per heavy atom. The number of carboxylic acid groups (broad SMARTS) is 1. The summed E-state index contributed by atoms with van der Waals surface area (Å²) >= 11 is 0. The minimum atomic E-state index is -1.46. The Morgan fingerprint density at radius 1 is 1.27 bits per heavy atom. The summed E-state index contributed by atoms with van der Waals surface area (Å²) in [6.45, 7) is 1.79. The van der Waals surface area contributed by atoms with Crippen LogP contribution in [-0.2, 0) is 4.79 Å². The highest BCUT2D eigenvalue weighted by atomic mass is 16.4. The Labute approximate surface area is 85.1 Å². The number of aliphatic carboxylic acids is 1. The first-order valence-corrected chi connectivity index (χ1v) is 4.36. The van der Waals surface area contributed by atoms with Gasteiger partial charge in [0, 0.05) is 10.9 Å². The number of rotatable bonds is 2. The molecule has 0 radical (unpaired) electrons. The zero-order valence-corrected chi connectivity index (χ0v) is 7.98. The maximum Gasteiger partial charge on any atom is 0.377 e. The fourth-order valence-corrected chi connectivity index (χ4v) is 1.43. The number of furan rings is 1. The van der Waals surface area contributed by atoms with Crippen LogP contribution in [0.3, 0.4) is 0 Å². The van der Waals surface area contributed by atoms with Crippen LogP contribution in [0.25, 0.3) is 11.0 Å². The van der Waals surface area contributed by atoms with Crippen LogP contribution in [-0.4, -0.2) is 16.9 Å². The highest BCUT2D eigenvalue weighted by Gasteiger charge is 2.15. The topological polar surface area (TPSA) is 67.5 Å². The first-order chi connectivity index (χ1) is 7.08. The number of hydrogen-bond donors (Lipinski definition) is 1. The molecule has 4 nitrogen and oxygen atoms in total. The van der Waals surface area contributed by atoms with Crippen molar-refractivity contribution in [2.24, 2.45) is 0 Å². The molecule has 1 aromatic heterocycles. The Bertz CT molecular complexity index is 551. The molecule has 15 heavy (non-hydrogen) atoms. The monoisotopic (exact) mass is 204 g/mol. The van der Waals surface area contributed by atoms with Gasteiger partial charge in [-0.15, -0.1) is 0 Å². The summed E-state index contributed by atoms with van der Waals surface area (Å²) in [5.41, 5.74) is 0.656. The zero-order valence-electron chi connectivity index (χ0n) is 7.98. The predicted octanol–water partition coefficient (Wildman–Crippen LogP) is 2.01. The van der Waals surface area contributed by atoms with Crippen molar-refractivity contribution < 1.29 is 19.1 Å². The highest BCUT2D eigenvalue weighted by Crippen LogP contribution is 2.20. The number of ketones is 1. The average Bonchev–Trinajstić information content (AvgIpc) is 2.55. The van der Waals surface area contributed by atoms with Crippen LogP contribution >= 0.6 is 0 Å². The van der Waals surface area contributed by atoms with Crippen molar-refractivity contribution in [2.75, 3.05) is 0 Å². The summed E-state index contributed by atoms with van der Waals surface area (Å²) in [6.07, 6.45) is 0. The van der Waals surface area contributed by atoms with E-state index in [1.54, 1.807) is 13.0 Å². The van der Waals surface area contributed by atoms with Gasteiger partial charge in [-0.1, -0.05) is 6.07 Å². The summed E-state index contributed by atoms with van der Waals surface area (Å²) in [5, 5.41) is 9.39. The second-order valence-electron chi connectivity index (χ2n) is 3.24. The fraction of sp³-hybridized carbons (Fsp3) is 0.0909. The molecular formula is C11H8O4. The molecular weight excluding hydrogens is 196 g/mol. The standard InChI is InChI=1S/C11H8O4/c1-6-4-7-2-3-8(5-9(7)15-6)10(12)11(13)14/h2-5H,1H3,(H,13,14). The summed E-state index contributed by atoms with van der Waals surface area (Å²) in [7, 11) is 0. The minimum Gasteiger partial charge on any atom is -0.475 e. The van der Waals surface area contributed by atoms with Gasteiger partial charge in [0.15, 0.2) is 0 Å². The Balaban J connectivity index is 2.55. The van der Waals surface area contributed by atoms with Crippen molar-refractivity contribution in [3.05, 3.63) is 35.6 Å². The van der Waals surface area contributed by atoms with Gasteiger partial charge in [0.05, 0.1) is 0 Å². The van der Waals surface area contributed by atoms with E-state index in [1.807, 2.05) is 6.07 Å². The third-order valence-corrected chi connectivity index (χ3v) is 2.10. The number of aryl methyl sites for hydroxylation is 1. The molecule has 76 valence electrons. The van der Waals surface area contributed by atoms with Crippen molar-refractivity contribution in [2.45, 2.75) is 6.92 Å². The number of hydrogen-bond acceptors (Lipinski definition) is 3. The normalized spacial score (nSPS) is 10.5. The average molecular weight is 204 g/mol. The molecule has 0 amide bonds. The molecule has 2 aromatic rings. The first kappa shape index (κ1) is 9.45. The zero-order chi connectivity index (χ0) is 11.0. The number of benzene rings is 1. The Morgan fingerprint density at radius 3 is 2.67 bits per heavy atom. The van der Waals surface area contributed by atoms with Crippen LogP contribution in [0.4, 0.5) is 0 Å². The van der Waals surface area contributed by atoms with Gasteiger partial charge in [0.2, 0.25) is 0 Å². The largest absolute Gasteiger partial charge is 0.475 e. The fourth-order valence-electron chi connectivity index (χ4n) is 1.43. The maximum absolute atomic E-state index is 11.2.